The number of ether oxygens (including phenoxy) is 2. The molecule has 28 heavy (non-hydrogen) atoms. The molecule has 2 aromatic carbocycles. The summed E-state index contributed by atoms with van der Waals surface area (Å²) in [4.78, 5) is 11.8. The molecule has 144 valence electrons. The lowest BCUT2D eigenvalue weighted by atomic mass is 10.2. The minimum absolute atomic E-state index is 0.190. The Kier molecular flexibility index (Phi) is 6.94. The number of hydrogen-bond acceptors (Lipinski definition) is 5. The molecule has 0 fully saturated rings. The summed E-state index contributed by atoms with van der Waals surface area (Å²) in [6.07, 6.45) is 2.95. The van der Waals surface area contributed by atoms with Crippen molar-refractivity contribution in [3.63, 3.8) is 0 Å². The molecule has 0 bridgehead atoms. The molecule has 3 aromatic rings. The van der Waals surface area contributed by atoms with E-state index in [2.05, 4.69) is 33.1 Å². The van der Waals surface area contributed by atoms with Gasteiger partial charge in [0, 0.05) is 5.02 Å². The molecule has 6 nitrogen and oxygen atoms in total. The molecular formula is C20H16ClIN2O4. The van der Waals surface area contributed by atoms with Gasteiger partial charge in [-0.1, -0.05) is 23.7 Å². The number of nitrogens with one attached hydrogen (secondary N) is 1. The number of hydrogen-bond donors (Lipinski definition) is 1. The van der Waals surface area contributed by atoms with Crippen molar-refractivity contribution < 1.29 is 18.7 Å². The van der Waals surface area contributed by atoms with Gasteiger partial charge in [0.15, 0.2) is 17.3 Å². The summed E-state index contributed by atoms with van der Waals surface area (Å²) in [5, 5.41) is 4.63. The summed E-state index contributed by atoms with van der Waals surface area (Å²) in [6, 6.07) is 14.3. The molecule has 0 aliphatic heterocycles. The summed E-state index contributed by atoms with van der Waals surface area (Å²) >= 11 is 8.07. The topological polar surface area (TPSA) is 73.1 Å². The van der Waals surface area contributed by atoms with Gasteiger partial charge in [-0.3, -0.25) is 4.79 Å². The molecule has 0 aliphatic rings. The van der Waals surface area contributed by atoms with Crippen LogP contribution in [0.2, 0.25) is 5.02 Å². The van der Waals surface area contributed by atoms with Crippen LogP contribution in [-0.4, -0.2) is 19.2 Å². The lowest BCUT2D eigenvalue weighted by molar-refractivity contribution is 0.0927. The summed E-state index contributed by atoms with van der Waals surface area (Å²) in [7, 11) is 1.57. The van der Waals surface area contributed by atoms with E-state index in [0.717, 1.165) is 14.7 Å². The van der Waals surface area contributed by atoms with E-state index in [0.29, 0.717) is 23.1 Å². The Bertz CT molecular complexity index is 973. The maximum absolute atomic E-state index is 11.8. The van der Waals surface area contributed by atoms with Crippen LogP contribution in [0.3, 0.4) is 0 Å². The fraction of sp³-hybridized carbons (Fsp3) is 0.100. The van der Waals surface area contributed by atoms with Gasteiger partial charge < -0.3 is 13.9 Å². The van der Waals surface area contributed by atoms with E-state index in [1.54, 1.807) is 25.3 Å². The number of benzene rings is 2. The normalized spacial score (nSPS) is 10.8. The first-order chi connectivity index (χ1) is 13.6. The van der Waals surface area contributed by atoms with E-state index in [1.807, 2.05) is 30.3 Å². The molecule has 0 unspecified atom stereocenters. The second kappa shape index (κ2) is 9.61. The number of hydrazone groups is 1. The van der Waals surface area contributed by atoms with Crippen LogP contribution < -0.4 is 14.9 Å². The Balaban J connectivity index is 1.69. The fourth-order valence-electron chi connectivity index (χ4n) is 2.32. The van der Waals surface area contributed by atoms with Crippen LogP contribution >= 0.6 is 34.2 Å². The van der Waals surface area contributed by atoms with E-state index < -0.39 is 5.91 Å². The third-order valence-corrected chi connectivity index (χ3v) is 4.73. The van der Waals surface area contributed by atoms with Gasteiger partial charge >= 0.3 is 5.91 Å². The Labute approximate surface area is 180 Å². The maximum atomic E-state index is 11.8. The first kappa shape index (κ1) is 20.2. The third kappa shape index (κ3) is 5.26. The number of methoxy groups -OCH3 is 1. The van der Waals surface area contributed by atoms with Gasteiger partial charge in [-0.2, -0.15) is 5.10 Å². The van der Waals surface area contributed by atoms with Gasteiger partial charge in [0.1, 0.15) is 6.61 Å². The fourth-order valence-corrected chi connectivity index (χ4v) is 3.23. The van der Waals surface area contributed by atoms with Crippen molar-refractivity contribution in [3.05, 3.63) is 80.3 Å². The predicted molar refractivity (Wildman–Crippen MR) is 115 cm³/mol. The van der Waals surface area contributed by atoms with Crippen molar-refractivity contribution >= 4 is 46.3 Å². The van der Waals surface area contributed by atoms with Gasteiger partial charge in [-0.25, -0.2) is 5.43 Å². The quantitative estimate of drug-likeness (QED) is 0.279. The monoisotopic (exact) mass is 510 g/mol. The molecule has 3 rings (SSSR count). The number of halogens is 2. The van der Waals surface area contributed by atoms with Crippen molar-refractivity contribution in [2.24, 2.45) is 5.10 Å². The molecule has 1 N–H and O–H groups in total. The maximum Gasteiger partial charge on any atom is 0.307 e. The summed E-state index contributed by atoms with van der Waals surface area (Å²) in [5.74, 6) is 0.968. The van der Waals surface area contributed by atoms with Crippen molar-refractivity contribution in [1.82, 2.24) is 5.43 Å². The van der Waals surface area contributed by atoms with Crippen molar-refractivity contribution in [2.45, 2.75) is 6.61 Å². The minimum atomic E-state index is -0.425. The molecule has 8 heteroatoms. The summed E-state index contributed by atoms with van der Waals surface area (Å²) < 4.78 is 17.2. The molecule has 0 spiro atoms. The van der Waals surface area contributed by atoms with Gasteiger partial charge in [-0.05, 0) is 70.1 Å². The van der Waals surface area contributed by atoms with Crippen molar-refractivity contribution in [1.29, 1.82) is 0 Å². The average Bonchev–Trinajstić information content (AvgIpc) is 3.23. The zero-order valence-electron chi connectivity index (χ0n) is 14.8. The van der Waals surface area contributed by atoms with E-state index in [9.17, 15) is 4.79 Å². The zero-order chi connectivity index (χ0) is 19.9. The van der Waals surface area contributed by atoms with Crippen LogP contribution in [0, 0.1) is 3.57 Å². The standard InChI is InChI=1S/C20H16ClIN2O4/c1-26-18-10-14(11-23-24-20(25)17-3-2-8-27-17)9-16(22)19(18)28-12-13-4-6-15(21)7-5-13/h2-11H,12H2,1H3,(H,24,25)/b23-11+. The lowest BCUT2D eigenvalue weighted by Gasteiger charge is -2.13. The highest BCUT2D eigenvalue weighted by atomic mass is 127. The molecule has 1 heterocycles. The second-order valence-electron chi connectivity index (χ2n) is 5.63. The highest BCUT2D eigenvalue weighted by molar-refractivity contribution is 14.1. The molecule has 1 amide bonds. The molecule has 0 saturated heterocycles. The van der Waals surface area contributed by atoms with Gasteiger partial charge in [0.2, 0.25) is 0 Å². The number of carbonyl (C=O) groups excluding carboxylic acids is 1. The highest BCUT2D eigenvalue weighted by Gasteiger charge is 2.12. The lowest BCUT2D eigenvalue weighted by Crippen LogP contribution is -2.16. The van der Waals surface area contributed by atoms with Crippen LogP contribution in [0.4, 0.5) is 0 Å². The number of amides is 1. The van der Waals surface area contributed by atoms with Gasteiger partial charge in [0.05, 0.1) is 23.2 Å². The number of rotatable bonds is 7. The SMILES string of the molecule is COc1cc(/C=N/NC(=O)c2ccco2)cc(I)c1OCc1ccc(Cl)cc1. The molecule has 0 radical (unpaired) electrons. The molecule has 0 aliphatic carbocycles. The minimum Gasteiger partial charge on any atom is -0.493 e. The van der Waals surface area contributed by atoms with Crippen LogP contribution in [-0.2, 0) is 6.61 Å². The molecule has 0 atom stereocenters. The third-order valence-electron chi connectivity index (χ3n) is 3.67. The van der Waals surface area contributed by atoms with E-state index >= 15 is 0 Å². The Morgan fingerprint density at radius 2 is 2.07 bits per heavy atom. The summed E-state index contributed by atoms with van der Waals surface area (Å²) in [5.41, 5.74) is 4.15. The van der Waals surface area contributed by atoms with Crippen molar-refractivity contribution in [2.75, 3.05) is 7.11 Å². The van der Waals surface area contributed by atoms with Crippen LogP contribution in [0.15, 0.2) is 64.3 Å². The largest absolute Gasteiger partial charge is 0.493 e. The molecular weight excluding hydrogens is 495 g/mol. The van der Waals surface area contributed by atoms with Crippen LogP contribution in [0.25, 0.3) is 0 Å². The number of furan rings is 1. The van der Waals surface area contributed by atoms with Crippen molar-refractivity contribution in [3.8, 4) is 11.5 Å². The summed E-state index contributed by atoms with van der Waals surface area (Å²) in [6.45, 7) is 0.385. The van der Waals surface area contributed by atoms with E-state index in [1.165, 1.54) is 12.5 Å². The predicted octanol–water partition coefficient (Wildman–Crippen LogP) is 4.89. The van der Waals surface area contributed by atoms with Gasteiger partial charge in [-0.15, -0.1) is 0 Å². The Hall–Kier alpha value is -2.52. The first-order valence-corrected chi connectivity index (χ1v) is 9.64. The number of carbonyl (C=O) groups is 1. The second-order valence-corrected chi connectivity index (χ2v) is 7.22. The smallest absolute Gasteiger partial charge is 0.307 e. The molecule has 1 aromatic heterocycles. The first-order valence-electron chi connectivity index (χ1n) is 8.18. The average molecular weight is 511 g/mol. The van der Waals surface area contributed by atoms with Crippen LogP contribution in [0.1, 0.15) is 21.7 Å². The number of nitrogens with zero attached hydrogens (tertiary/aromatic N) is 1. The highest BCUT2D eigenvalue weighted by Crippen LogP contribution is 2.34. The van der Waals surface area contributed by atoms with Crippen LogP contribution in [0.5, 0.6) is 11.5 Å². The van der Waals surface area contributed by atoms with E-state index in [-0.39, 0.29) is 5.76 Å². The molecule has 0 saturated carbocycles. The Morgan fingerprint density at radius 3 is 2.75 bits per heavy atom. The zero-order valence-corrected chi connectivity index (χ0v) is 17.7. The Morgan fingerprint density at radius 1 is 1.29 bits per heavy atom. The van der Waals surface area contributed by atoms with E-state index in [4.69, 9.17) is 25.5 Å². The van der Waals surface area contributed by atoms with Gasteiger partial charge in [0.25, 0.3) is 0 Å².